The number of methoxy groups -OCH3 is 1. The number of anilines is 1. The molecule has 1 aromatic rings. The third kappa shape index (κ3) is 3.91. The molecular weight excluding hydrogens is 244 g/mol. The molecule has 1 atom stereocenters. The summed E-state index contributed by atoms with van der Waals surface area (Å²) in [5.41, 5.74) is 0.688. The number of ether oxygens (including phenoxy) is 1. The summed E-state index contributed by atoms with van der Waals surface area (Å²) in [5, 5.41) is 8.88. The zero-order chi connectivity index (χ0) is 14.4. The van der Waals surface area contributed by atoms with Crippen molar-refractivity contribution in [1.82, 2.24) is 9.97 Å². The lowest BCUT2D eigenvalue weighted by Gasteiger charge is -2.23. The van der Waals surface area contributed by atoms with Crippen molar-refractivity contribution in [3.63, 3.8) is 0 Å². The van der Waals surface area contributed by atoms with Crippen LogP contribution in [0.3, 0.4) is 0 Å². The lowest BCUT2D eigenvalue weighted by molar-refractivity contribution is 0.0586. The van der Waals surface area contributed by atoms with Gasteiger partial charge < -0.3 is 9.64 Å². The summed E-state index contributed by atoms with van der Waals surface area (Å²) in [4.78, 5) is 21.7. The van der Waals surface area contributed by atoms with Crippen LogP contribution in [0.15, 0.2) is 6.07 Å². The quantitative estimate of drug-likeness (QED) is 0.749. The van der Waals surface area contributed by atoms with E-state index in [2.05, 4.69) is 20.8 Å². The van der Waals surface area contributed by atoms with E-state index in [4.69, 9.17) is 5.26 Å². The Morgan fingerprint density at radius 3 is 2.79 bits per heavy atom. The minimum atomic E-state index is -0.561. The van der Waals surface area contributed by atoms with Crippen molar-refractivity contribution in [2.24, 2.45) is 5.92 Å². The first-order valence-corrected chi connectivity index (χ1v) is 6.10. The van der Waals surface area contributed by atoms with E-state index >= 15 is 0 Å². The Labute approximate surface area is 113 Å². The standard InChI is InChI=1S/C13H18N4O2/c1-5-17(8-9(2)7-14)11-6-10(3)15-12(16-11)13(18)19-4/h6,9H,5,8H2,1-4H3. The second-order valence-electron chi connectivity index (χ2n) is 4.25. The molecule has 0 aliphatic carbocycles. The van der Waals surface area contributed by atoms with Gasteiger partial charge in [0.2, 0.25) is 5.82 Å². The van der Waals surface area contributed by atoms with Gasteiger partial charge in [-0.05, 0) is 20.8 Å². The Morgan fingerprint density at radius 1 is 1.58 bits per heavy atom. The van der Waals surface area contributed by atoms with Crippen LogP contribution in [0, 0.1) is 24.2 Å². The van der Waals surface area contributed by atoms with Crippen LogP contribution in [0.25, 0.3) is 0 Å². The first-order chi connectivity index (χ1) is 9.01. The van der Waals surface area contributed by atoms with Gasteiger partial charge in [-0.15, -0.1) is 0 Å². The van der Waals surface area contributed by atoms with Gasteiger partial charge in [0.15, 0.2) is 0 Å². The van der Waals surface area contributed by atoms with E-state index in [-0.39, 0.29) is 11.7 Å². The van der Waals surface area contributed by atoms with E-state index in [1.54, 1.807) is 13.0 Å². The molecule has 102 valence electrons. The van der Waals surface area contributed by atoms with E-state index in [9.17, 15) is 4.79 Å². The molecule has 0 saturated heterocycles. The van der Waals surface area contributed by atoms with Gasteiger partial charge in [-0.2, -0.15) is 5.26 Å². The predicted octanol–water partition coefficient (Wildman–Crippen LogP) is 1.56. The Kier molecular flexibility index (Phi) is 5.24. The molecule has 1 unspecified atom stereocenters. The Bertz CT molecular complexity index is 496. The Hall–Kier alpha value is -2.16. The zero-order valence-corrected chi connectivity index (χ0v) is 11.7. The molecule has 0 saturated carbocycles. The average molecular weight is 262 g/mol. The number of carbonyl (C=O) groups is 1. The van der Waals surface area contributed by atoms with Gasteiger partial charge in [0.25, 0.3) is 0 Å². The fourth-order valence-corrected chi connectivity index (χ4v) is 1.65. The lowest BCUT2D eigenvalue weighted by atomic mass is 10.2. The molecule has 0 aromatic carbocycles. The van der Waals surface area contributed by atoms with Crippen LogP contribution in [0.5, 0.6) is 0 Å². The van der Waals surface area contributed by atoms with Gasteiger partial charge in [0.05, 0.1) is 19.1 Å². The van der Waals surface area contributed by atoms with Crippen LogP contribution in [0.2, 0.25) is 0 Å². The summed E-state index contributed by atoms with van der Waals surface area (Å²) >= 11 is 0. The van der Waals surface area contributed by atoms with E-state index in [0.717, 1.165) is 0 Å². The molecule has 1 aromatic heterocycles. The molecule has 0 fully saturated rings. The van der Waals surface area contributed by atoms with Crippen LogP contribution in [-0.4, -0.2) is 36.1 Å². The monoisotopic (exact) mass is 262 g/mol. The van der Waals surface area contributed by atoms with Crippen LogP contribution >= 0.6 is 0 Å². The summed E-state index contributed by atoms with van der Waals surface area (Å²) in [6.45, 7) is 6.86. The van der Waals surface area contributed by atoms with Crippen molar-refractivity contribution in [1.29, 1.82) is 5.26 Å². The molecule has 0 bridgehead atoms. The van der Waals surface area contributed by atoms with Gasteiger partial charge >= 0.3 is 5.97 Å². The van der Waals surface area contributed by atoms with E-state index in [1.807, 2.05) is 18.7 Å². The number of carbonyl (C=O) groups excluding carboxylic acids is 1. The molecule has 1 rings (SSSR count). The maximum atomic E-state index is 11.5. The Morgan fingerprint density at radius 2 is 2.26 bits per heavy atom. The fraction of sp³-hybridized carbons (Fsp3) is 0.538. The molecule has 1 heterocycles. The van der Waals surface area contributed by atoms with Crippen molar-refractivity contribution >= 4 is 11.8 Å². The van der Waals surface area contributed by atoms with Gasteiger partial charge in [-0.3, -0.25) is 0 Å². The predicted molar refractivity (Wildman–Crippen MR) is 70.8 cm³/mol. The van der Waals surface area contributed by atoms with Crippen LogP contribution < -0.4 is 4.90 Å². The van der Waals surface area contributed by atoms with Crippen molar-refractivity contribution in [2.75, 3.05) is 25.1 Å². The molecule has 0 aliphatic heterocycles. The van der Waals surface area contributed by atoms with Crippen molar-refractivity contribution in [3.8, 4) is 6.07 Å². The molecule has 0 spiro atoms. The summed E-state index contributed by atoms with van der Waals surface area (Å²) < 4.78 is 4.63. The minimum absolute atomic E-state index is 0.0422. The lowest BCUT2D eigenvalue weighted by Crippen LogP contribution is -2.29. The molecule has 0 N–H and O–H groups in total. The normalized spacial score (nSPS) is 11.5. The molecule has 0 aliphatic rings. The molecule has 19 heavy (non-hydrogen) atoms. The average Bonchev–Trinajstić information content (AvgIpc) is 2.42. The topological polar surface area (TPSA) is 79.1 Å². The molecular formula is C13H18N4O2. The number of aryl methyl sites for hydroxylation is 1. The minimum Gasteiger partial charge on any atom is -0.463 e. The second-order valence-corrected chi connectivity index (χ2v) is 4.25. The van der Waals surface area contributed by atoms with Gasteiger partial charge in [-0.1, -0.05) is 0 Å². The number of nitrogens with zero attached hydrogens (tertiary/aromatic N) is 4. The highest BCUT2D eigenvalue weighted by Crippen LogP contribution is 2.14. The first kappa shape index (κ1) is 14.9. The number of rotatable bonds is 5. The van der Waals surface area contributed by atoms with E-state index in [0.29, 0.717) is 24.6 Å². The summed E-state index contributed by atoms with van der Waals surface area (Å²) in [7, 11) is 1.29. The summed E-state index contributed by atoms with van der Waals surface area (Å²) in [6, 6.07) is 3.98. The Balaban J connectivity index is 3.07. The summed E-state index contributed by atoms with van der Waals surface area (Å²) in [5.74, 6) is 0.00388. The SMILES string of the molecule is CCN(CC(C)C#N)c1cc(C)nc(C(=O)OC)n1. The molecule has 6 nitrogen and oxygen atoms in total. The van der Waals surface area contributed by atoms with Gasteiger partial charge in [-0.25, -0.2) is 14.8 Å². The fourth-order valence-electron chi connectivity index (χ4n) is 1.65. The highest BCUT2D eigenvalue weighted by Gasteiger charge is 2.16. The third-order valence-corrected chi connectivity index (χ3v) is 2.63. The van der Waals surface area contributed by atoms with Crippen LogP contribution in [-0.2, 0) is 4.74 Å². The highest BCUT2D eigenvalue weighted by molar-refractivity contribution is 5.85. The second kappa shape index (κ2) is 6.69. The van der Waals surface area contributed by atoms with E-state index in [1.165, 1.54) is 7.11 Å². The maximum absolute atomic E-state index is 11.5. The molecule has 0 radical (unpaired) electrons. The molecule has 6 heteroatoms. The zero-order valence-electron chi connectivity index (χ0n) is 11.7. The van der Waals surface area contributed by atoms with Crippen LogP contribution in [0.4, 0.5) is 5.82 Å². The van der Waals surface area contributed by atoms with Gasteiger partial charge in [0.1, 0.15) is 5.82 Å². The number of nitriles is 1. The van der Waals surface area contributed by atoms with Gasteiger partial charge in [0, 0.05) is 24.8 Å². The highest BCUT2D eigenvalue weighted by atomic mass is 16.5. The smallest absolute Gasteiger partial charge is 0.376 e. The number of esters is 1. The van der Waals surface area contributed by atoms with E-state index < -0.39 is 5.97 Å². The van der Waals surface area contributed by atoms with Crippen LogP contribution in [0.1, 0.15) is 30.2 Å². The van der Waals surface area contributed by atoms with Crippen molar-refractivity contribution in [2.45, 2.75) is 20.8 Å². The third-order valence-electron chi connectivity index (χ3n) is 2.63. The largest absolute Gasteiger partial charge is 0.463 e. The molecule has 0 amide bonds. The number of hydrogen-bond donors (Lipinski definition) is 0. The number of hydrogen-bond acceptors (Lipinski definition) is 6. The number of aromatic nitrogens is 2. The van der Waals surface area contributed by atoms with Crippen molar-refractivity contribution in [3.05, 3.63) is 17.6 Å². The van der Waals surface area contributed by atoms with Crippen molar-refractivity contribution < 1.29 is 9.53 Å². The first-order valence-electron chi connectivity index (χ1n) is 6.10. The summed E-state index contributed by atoms with van der Waals surface area (Å²) in [6.07, 6.45) is 0. The maximum Gasteiger partial charge on any atom is 0.376 e.